The summed E-state index contributed by atoms with van der Waals surface area (Å²) in [4.78, 5) is 0. The summed E-state index contributed by atoms with van der Waals surface area (Å²) < 4.78 is 6.19. The van der Waals surface area contributed by atoms with E-state index in [4.69, 9.17) is 16.3 Å². The molecule has 2 atom stereocenters. The quantitative estimate of drug-likeness (QED) is 0.877. The van der Waals surface area contributed by atoms with Crippen molar-refractivity contribution in [3.05, 3.63) is 64.2 Å². The minimum atomic E-state index is 0.0864. The molecule has 0 aliphatic carbocycles. The number of fused-ring (bicyclic) bond motifs is 1. The predicted molar refractivity (Wildman–Crippen MR) is 87.0 cm³/mol. The van der Waals surface area contributed by atoms with Crippen LogP contribution in [0.1, 0.15) is 42.2 Å². The Kier molecular flexibility index (Phi) is 4.18. The highest BCUT2D eigenvalue weighted by Gasteiger charge is 2.28. The fourth-order valence-electron chi connectivity index (χ4n) is 2.87. The maximum absolute atomic E-state index is 6.19. The minimum absolute atomic E-state index is 0.0864. The van der Waals surface area contributed by atoms with E-state index in [2.05, 4.69) is 43.4 Å². The smallest absolute Gasteiger partial charge is 0.126 e. The van der Waals surface area contributed by atoms with Crippen molar-refractivity contribution in [1.82, 2.24) is 5.32 Å². The van der Waals surface area contributed by atoms with Gasteiger partial charge in [-0.25, -0.2) is 0 Å². The van der Waals surface area contributed by atoms with Crippen LogP contribution in [-0.2, 0) is 0 Å². The van der Waals surface area contributed by atoms with Crippen LogP contribution >= 0.6 is 11.6 Å². The molecule has 0 saturated heterocycles. The van der Waals surface area contributed by atoms with Gasteiger partial charge in [-0.1, -0.05) is 48.4 Å². The molecule has 0 amide bonds. The molecule has 0 saturated carbocycles. The summed E-state index contributed by atoms with van der Waals surface area (Å²) in [6.45, 7) is 5.15. The Labute approximate surface area is 131 Å². The number of hydrogen-bond acceptors (Lipinski definition) is 2. The number of hydrogen-bond donors (Lipinski definition) is 1. The summed E-state index contributed by atoms with van der Waals surface area (Å²) in [5.41, 5.74) is 3.65. The SMILES string of the molecule is CCNC1CC(c2ccc(C)cc2)Oc2ccc(Cl)cc21. The van der Waals surface area contributed by atoms with Crippen molar-refractivity contribution < 1.29 is 4.74 Å². The molecule has 1 aliphatic rings. The van der Waals surface area contributed by atoms with Gasteiger partial charge in [-0.15, -0.1) is 0 Å². The minimum Gasteiger partial charge on any atom is -0.485 e. The van der Waals surface area contributed by atoms with Gasteiger partial charge in [0.1, 0.15) is 11.9 Å². The third kappa shape index (κ3) is 3.07. The lowest BCUT2D eigenvalue weighted by atomic mass is 9.92. The Balaban J connectivity index is 1.93. The average Bonchev–Trinajstić information content (AvgIpc) is 2.48. The molecule has 1 N–H and O–H groups in total. The molecule has 1 aliphatic heterocycles. The van der Waals surface area contributed by atoms with Crippen LogP contribution < -0.4 is 10.1 Å². The first kappa shape index (κ1) is 14.4. The predicted octanol–water partition coefficient (Wildman–Crippen LogP) is 4.82. The number of aryl methyl sites for hydroxylation is 1. The summed E-state index contributed by atoms with van der Waals surface area (Å²) in [5, 5.41) is 4.30. The maximum atomic E-state index is 6.19. The lowest BCUT2D eigenvalue weighted by molar-refractivity contribution is 0.152. The van der Waals surface area contributed by atoms with Crippen molar-refractivity contribution in [3.8, 4) is 5.75 Å². The van der Waals surface area contributed by atoms with Crippen LogP contribution in [0, 0.1) is 6.92 Å². The third-order valence-electron chi connectivity index (χ3n) is 3.97. The fraction of sp³-hybridized carbons (Fsp3) is 0.333. The highest BCUT2D eigenvalue weighted by Crippen LogP contribution is 2.41. The van der Waals surface area contributed by atoms with Crippen LogP contribution in [0.3, 0.4) is 0 Å². The second-order valence-electron chi connectivity index (χ2n) is 5.55. The molecule has 2 unspecified atom stereocenters. The van der Waals surface area contributed by atoms with E-state index < -0.39 is 0 Å². The summed E-state index contributed by atoms with van der Waals surface area (Å²) in [6.07, 6.45) is 1.01. The topological polar surface area (TPSA) is 21.3 Å². The molecule has 2 nitrogen and oxygen atoms in total. The molecule has 2 aromatic rings. The zero-order valence-electron chi connectivity index (χ0n) is 12.4. The van der Waals surface area contributed by atoms with Gasteiger partial charge in [0.2, 0.25) is 0 Å². The van der Waals surface area contributed by atoms with E-state index in [1.54, 1.807) is 0 Å². The summed E-state index contributed by atoms with van der Waals surface area (Å²) >= 11 is 6.13. The van der Waals surface area contributed by atoms with Crippen LogP contribution in [0.5, 0.6) is 5.75 Å². The van der Waals surface area contributed by atoms with E-state index in [0.717, 1.165) is 29.3 Å². The number of halogens is 1. The normalized spacial score (nSPS) is 20.7. The van der Waals surface area contributed by atoms with Crippen molar-refractivity contribution >= 4 is 11.6 Å². The Bertz CT molecular complexity index is 624. The fourth-order valence-corrected chi connectivity index (χ4v) is 3.05. The standard InChI is InChI=1S/C18H20ClNO/c1-3-20-16-11-18(13-6-4-12(2)5-7-13)21-17-9-8-14(19)10-15(16)17/h4-10,16,18,20H,3,11H2,1-2H3. The van der Waals surface area contributed by atoms with E-state index in [1.807, 2.05) is 18.2 Å². The van der Waals surface area contributed by atoms with Gasteiger partial charge in [0.25, 0.3) is 0 Å². The van der Waals surface area contributed by atoms with Crippen molar-refractivity contribution in [1.29, 1.82) is 0 Å². The first-order valence-corrected chi connectivity index (χ1v) is 7.81. The monoisotopic (exact) mass is 301 g/mol. The molecule has 2 aromatic carbocycles. The Hall–Kier alpha value is -1.51. The number of nitrogens with one attached hydrogen (secondary N) is 1. The highest BCUT2D eigenvalue weighted by atomic mass is 35.5. The van der Waals surface area contributed by atoms with E-state index >= 15 is 0 Å². The van der Waals surface area contributed by atoms with Gasteiger partial charge < -0.3 is 10.1 Å². The van der Waals surface area contributed by atoms with E-state index in [-0.39, 0.29) is 12.1 Å². The molecular weight excluding hydrogens is 282 g/mol. The molecule has 0 radical (unpaired) electrons. The Morgan fingerprint density at radius 1 is 1.19 bits per heavy atom. The summed E-state index contributed by atoms with van der Waals surface area (Å²) in [7, 11) is 0. The van der Waals surface area contributed by atoms with Gasteiger partial charge >= 0.3 is 0 Å². The van der Waals surface area contributed by atoms with E-state index in [9.17, 15) is 0 Å². The molecule has 1 heterocycles. The van der Waals surface area contributed by atoms with Crippen molar-refractivity contribution in [2.75, 3.05) is 6.54 Å². The molecule has 0 spiro atoms. The lowest BCUT2D eigenvalue weighted by Gasteiger charge is -2.33. The summed E-state index contributed by atoms with van der Waals surface area (Å²) in [6, 6.07) is 14.7. The number of rotatable bonds is 3. The average molecular weight is 302 g/mol. The molecule has 21 heavy (non-hydrogen) atoms. The lowest BCUT2D eigenvalue weighted by Crippen LogP contribution is -2.29. The van der Waals surface area contributed by atoms with Gasteiger partial charge in [-0.3, -0.25) is 0 Å². The van der Waals surface area contributed by atoms with Crippen LogP contribution in [0.25, 0.3) is 0 Å². The molecule has 0 bridgehead atoms. The van der Waals surface area contributed by atoms with E-state index in [1.165, 1.54) is 11.1 Å². The number of benzene rings is 2. The van der Waals surface area contributed by atoms with Crippen LogP contribution in [0.2, 0.25) is 5.02 Å². The van der Waals surface area contributed by atoms with Crippen LogP contribution in [-0.4, -0.2) is 6.54 Å². The van der Waals surface area contributed by atoms with Crippen molar-refractivity contribution in [2.24, 2.45) is 0 Å². The van der Waals surface area contributed by atoms with Gasteiger partial charge in [-0.05, 0) is 37.2 Å². The second-order valence-corrected chi connectivity index (χ2v) is 5.98. The second kappa shape index (κ2) is 6.08. The van der Waals surface area contributed by atoms with Crippen LogP contribution in [0.15, 0.2) is 42.5 Å². The highest BCUT2D eigenvalue weighted by molar-refractivity contribution is 6.30. The van der Waals surface area contributed by atoms with Gasteiger partial charge in [0.05, 0.1) is 0 Å². The first-order chi connectivity index (χ1) is 10.2. The van der Waals surface area contributed by atoms with E-state index in [0.29, 0.717) is 0 Å². The first-order valence-electron chi connectivity index (χ1n) is 7.43. The zero-order chi connectivity index (χ0) is 14.8. The van der Waals surface area contributed by atoms with Gasteiger partial charge in [0.15, 0.2) is 0 Å². The molecule has 110 valence electrons. The largest absolute Gasteiger partial charge is 0.485 e. The Morgan fingerprint density at radius 2 is 1.95 bits per heavy atom. The molecule has 3 rings (SSSR count). The van der Waals surface area contributed by atoms with Crippen molar-refractivity contribution in [3.63, 3.8) is 0 Å². The molecule has 0 aromatic heterocycles. The Morgan fingerprint density at radius 3 is 2.67 bits per heavy atom. The maximum Gasteiger partial charge on any atom is 0.126 e. The molecular formula is C18H20ClNO. The molecule has 3 heteroatoms. The zero-order valence-corrected chi connectivity index (χ0v) is 13.2. The van der Waals surface area contributed by atoms with Gasteiger partial charge in [0, 0.05) is 23.0 Å². The third-order valence-corrected chi connectivity index (χ3v) is 4.20. The molecule has 0 fully saturated rings. The van der Waals surface area contributed by atoms with Gasteiger partial charge in [-0.2, -0.15) is 0 Å². The summed E-state index contributed by atoms with van der Waals surface area (Å²) in [5.74, 6) is 0.933. The number of ether oxygens (including phenoxy) is 1. The van der Waals surface area contributed by atoms with Crippen molar-refractivity contribution in [2.45, 2.75) is 32.4 Å². The van der Waals surface area contributed by atoms with Crippen LogP contribution in [0.4, 0.5) is 0 Å².